The molecule has 2 aromatic heterocycles. The molecule has 0 saturated carbocycles. The molecular weight excluding hydrogens is 531 g/mol. The second-order valence-corrected chi connectivity index (χ2v) is 13.1. The molecule has 8 N–H and O–H groups in total. The Morgan fingerprint density at radius 1 is 1.18 bits per heavy atom. The first-order valence-electron chi connectivity index (χ1n) is 8.73. The van der Waals surface area contributed by atoms with Crippen molar-refractivity contribution in [2.24, 2.45) is 0 Å². The summed E-state index contributed by atoms with van der Waals surface area (Å²) >= 11 is 1.19. The summed E-state index contributed by atoms with van der Waals surface area (Å²) in [5, 5.41) is 21.0. The molecule has 17 nitrogen and oxygen atoms in total. The van der Waals surface area contributed by atoms with Crippen LogP contribution in [0, 0.1) is 0 Å². The van der Waals surface area contributed by atoms with Crippen LogP contribution in [0.15, 0.2) is 11.5 Å². The summed E-state index contributed by atoms with van der Waals surface area (Å²) in [6, 6.07) is 0. The fraction of sp³-hybridized carbons (Fsp3) is 0.583. The van der Waals surface area contributed by atoms with E-state index in [9.17, 15) is 33.7 Å². The Morgan fingerprint density at radius 3 is 2.45 bits per heavy atom. The quantitative estimate of drug-likeness (QED) is 0.114. The number of nitrogen functional groups attached to an aromatic ring is 1. The third-order valence-electron chi connectivity index (χ3n) is 4.22. The first kappa shape index (κ1) is 26.6. The largest absolute Gasteiger partial charge is 0.479 e. The molecular formula is C12H20N5O12P3S. The number of aromatic nitrogens is 4. The van der Waals surface area contributed by atoms with E-state index in [2.05, 4.69) is 23.8 Å². The summed E-state index contributed by atoms with van der Waals surface area (Å²) in [5.74, 6) is -1.65. The van der Waals surface area contributed by atoms with Crippen molar-refractivity contribution in [2.75, 3.05) is 24.5 Å². The number of rotatable bonds is 9. The number of anilines is 1. The number of fused-ring (bicyclic) bond motifs is 1. The molecule has 0 radical (unpaired) electrons. The average Bonchev–Trinajstić information content (AvgIpc) is 3.19. The van der Waals surface area contributed by atoms with Gasteiger partial charge in [-0.05, 0) is 6.26 Å². The summed E-state index contributed by atoms with van der Waals surface area (Å²) in [4.78, 5) is 48.8. The van der Waals surface area contributed by atoms with Crippen LogP contribution in [-0.2, 0) is 27.3 Å². The van der Waals surface area contributed by atoms with Gasteiger partial charge >= 0.3 is 23.0 Å². The number of phosphoric acid groups is 1. The van der Waals surface area contributed by atoms with E-state index in [1.165, 1.54) is 22.7 Å². The molecule has 6 atom stereocenters. The fourth-order valence-electron chi connectivity index (χ4n) is 2.90. The van der Waals surface area contributed by atoms with Gasteiger partial charge in [0.2, 0.25) is 0 Å². The van der Waals surface area contributed by atoms with Gasteiger partial charge in [0.25, 0.3) is 0 Å². The van der Waals surface area contributed by atoms with E-state index in [0.717, 1.165) is 0 Å². The second-order valence-electron chi connectivity index (χ2n) is 6.76. The molecule has 0 aliphatic carbocycles. The van der Waals surface area contributed by atoms with Crippen LogP contribution in [0.3, 0.4) is 0 Å². The van der Waals surface area contributed by atoms with E-state index in [-0.39, 0.29) is 17.0 Å². The molecule has 0 aromatic carbocycles. The van der Waals surface area contributed by atoms with Crippen LogP contribution < -0.4 is 5.73 Å². The monoisotopic (exact) mass is 551 g/mol. The highest BCUT2D eigenvalue weighted by atomic mass is 32.2. The lowest BCUT2D eigenvalue weighted by Crippen LogP contribution is -2.33. The minimum atomic E-state index is -5.32. The number of aliphatic hydroxyl groups is 2. The Kier molecular flexibility index (Phi) is 7.74. The van der Waals surface area contributed by atoms with Gasteiger partial charge in [-0.2, -0.15) is 0 Å². The number of hydrogen-bond donors (Lipinski definition) is 7. The van der Waals surface area contributed by atoms with Crippen LogP contribution in [0.25, 0.3) is 11.2 Å². The van der Waals surface area contributed by atoms with Crippen LogP contribution in [0.4, 0.5) is 5.82 Å². The fourth-order valence-corrected chi connectivity index (χ4v) is 7.62. The highest BCUT2D eigenvalue weighted by molar-refractivity contribution is 7.98. The third-order valence-corrected chi connectivity index (χ3v) is 9.99. The summed E-state index contributed by atoms with van der Waals surface area (Å²) in [6.45, 7) is -0.905. The smallest absolute Gasteiger partial charge is 0.387 e. The molecule has 0 spiro atoms. The Balaban J connectivity index is 1.73. The Bertz CT molecular complexity index is 1170. The second kappa shape index (κ2) is 9.59. The predicted molar refractivity (Wildman–Crippen MR) is 111 cm³/mol. The van der Waals surface area contributed by atoms with Crippen LogP contribution in [0.5, 0.6) is 0 Å². The average molecular weight is 551 g/mol. The molecule has 2 aromatic rings. The van der Waals surface area contributed by atoms with Gasteiger partial charge in [0.1, 0.15) is 23.8 Å². The van der Waals surface area contributed by atoms with Gasteiger partial charge in [-0.1, -0.05) is 11.8 Å². The normalized spacial score (nSPS) is 27.5. The van der Waals surface area contributed by atoms with Gasteiger partial charge in [-0.25, -0.2) is 23.8 Å². The summed E-state index contributed by atoms with van der Waals surface area (Å²) < 4.78 is 49.7. The van der Waals surface area contributed by atoms with E-state index < -0.39 is 60.1 Å². The highest BCUT2D eigenvalue weighted by Gasteiger charge is 2.46. The number of imidazole rings is 1. The van der Waals surface area contributed by atoms with Crippen LogP contribution in [-0.4, -0.2) is 86.4 Å². The Hall–Kier alpha value is -0.970. The zero-order chi connectivity index (χ0) is 24.8. The number of nitrogens with two attached hydrogens (primary N) is 1. The highest BCUT2D eigenvalue weighted by Crippen LogP contribution is 2.65. The van der Waals surface area contributed by atoms with Crippen molar-refractivity contribution in [3.63, 3.8) is 0 Å². The van der Waals surface area contributed by atoms with Crippen molar-refractivity contribution in [3.05, 3.63) is 6.33 Å². The minimum Gasteiger partial charge on any atom is -0.387 e. The molecule has 3 rings (SSSR count). The van der Waals surface area contributed by atoms with E-state index in [4.69, 9.17) is 20.3 Å². The molecule has 0 amide bonds. The van der Waals surface area contributed by atoms with E-state index in [1.54, 1.807) is 6.26 Å². The molecule has 33 heavy (non-hydrogen) atoms. The first-order chi connectivity index (χ1) is 15.1. The molecule has 0 bridgehead atoms. The van der Waals surface area contributed by atoms with Crippen LogP contribution in [0.2, 0.25) is 0 Å². The lowest BCUT2D eigenvalue weighted by Gasteiger charge is -2.19. The number of thioether (sulfide) groups is 1. The summed E-state index contributed by atoms with van der Waals surface area (Å²) in [5.41, 5.74) is 6.22. The Morgan fingerprint density at radius 2 is 1.85 bits per heavy atom. The Labute approximate surface area is 189 Å². The van der Waals surface area contributed by atoms with Crippen molar-refractivity contribution in [1.82, 2.24) is 19.5 Å². The molecule has 3 heterocycles. The predicted octanol–water partition coefficient (Wildman–Crippen LogP) is -0.796. The SMILES string of the molecule is CSc1nc(N)c2ncn(C3OC(COP(=O)(O)OP(=O)(O)CP(=O)(O)O)[C@@H](O)[C@H]3O)c2n1. The zero-order valence-corrected chi connectivity index (χ0v) is 20.0. The van der Waals surface area contributed by atoms with Crippen molar-refractivity contribution in [1.29, 1.82) is 0 Å². The topological polar surface area (TPSA) is 270 Å². The number of nitrogens with zero attached hydrogens (tertiary/aromatic N) is 4. The molecule has 21 heteroatoms. The lowest BCUT2D eigenvalue weighted by atomic mass is 10.1. The lowest BCUT2D eigenvalue weighted by molar-refractivity contribution is -0.0502. The number of ether oxygens (including phenoxy) is 1. The van der Waals surface area contributed by atoms with Crippen molar-refractivity contribution < 1.29 is 57.1 Å². The van der Waals surface area contributed by atoms with Gasteiger partial charge in [0.05, 0.1) is 12.9 Å². The summed E-state index contributed by atoms with van der Waals surface area (Å²) in [6.07, 6.45) is -3.00. The zero-order valence-electron chi connectivity index (χ0n) is 16.5. The van der Waals surface area contributed by atoms with E-state index in [0.29, 0.717) is 5.16 Å². The minimum absolute atomic E-state index is 0.0677. The molecule has 1 aliphatic heterocycles. The molecule has 4 unspecified atom stereocenters. The van der Waals surface area contributed by atoms with Crippen LogP contribution >= 0.6 is 34.8 Å². The summed E-state index contributed by atoms with van der Waals surface area (Å²) in [7, 11) is -15.6. The van der Waals surface area contributed by atoms with Gasteiger partial charge in [0.15, 0.2) is 28.8 Å². The van der Waals surface area contributed by atoms with Gasteiger partial charge in [-0.3, -0.25) is 18.2 Å². The molecule has 1 fully saturated rings. The van der Waals surface area contributed by atoms with Gasteiger partial charge in [-0.15, -0.1) is 0 Å². The standard InChI is InChI=1S/C12H20N5O12P3S/c1-33-12-15-9(13)6-10(16-12)17(3-14-6)11-8(19)7(18)5(28-11)2-27-32(25,26)29-31(23,24)4-30(20,21)22/h3,5,7-8,11,18-19H,2,4H2,1H3,(H,23,24)(H,25,26)(H2,13,15,16)(H2,20,21,22)/t5?,7-,8-,11?/m1/s1. The molecule has 1 saturated heterocycles. The molecule has 186 valence electrons. The first-order valence-corrected chi connectivity index (χ1v) is 15.0. The maximum Gasteiger partial charge on any atom is 0.479 e. The number of hydrogen-bond acceptors (Lipinski definition) is 13. The molecule has 1 aliphatic rings. The maximum absolute atomic E-state index is 11.9. The van der Waals surface area contributed by atoms with E-state index in [1.807, 2.05) is 0 Å². The third kappa shape index (κ3) is 6.38. The van der Waals surface area contributed by atoms with Crippen LogP contribution in [0.1, 0.15) is 6.23 Å². The van der Waals surface area contributed by atoms with Crippen molar-refractivity contribution >= 4 is 51.8 Å². The number of phosphoric ester groups is 1. The maximum atomic E-state index is 11.9. The van der Waals surface area contributed by atoms with E-state index >= 15 is 0 Å². The van der Waals surface area contributed by atoms with Crippen molar-refractivity contribution in [3.8, 4) is 0 Å². The van der Waals surface area contributed by atoms with Gasteiger partial charge in [0, 0.05) is 0 Å². The van der Waals surface area contributed by atoms with Crippen molar-refractivity contribution in [2.45, 2.75) is 29.7 Å². The number of aliphatic hydroxyl groups excluding tert-OH is 2. The van der Waals surface area contributed by atoms with Gasteiger partial charge < -0.3 is 40.3 Å².